The Morgan fingerprint density at radius 3 is 1.65 bits per heavy atom. The van der Waals surface area contributed by atoms with Gasteiger partial charge in [0.05, 0.1) is 0 Å². The standard InChI is InChI=1S/C23H26/c1-3-5-8-20-12-16-22(17-13-20)10-7-11-23-18-14-21(15-19-23)9-6-4-2/h3-4,7,10,12-19H,1-2,5-6,8-9,11H2/b10-7+. The molecule has 0 heterocycles. The third-order valence-electron chi connectivity index (χ3n) is 3.94. The minimum atomic E-state index is 0.972. The molecule has 0 bridgehead atoms. The molecule has 0 saturated carbocycles. The second kappa shape index (κ2) is 9.63. The van der Waals surface area contributed by atoms with Gasteiger partial charge in [-0.3, -0.25) is 0 Å². The molecule has 0 aliphatic rings. The Bertz CT molecular complexity index is 627. The maximum atomic E-state index is 3.77. The van der Waals surface area contributed by atoms with E-state index in [4.69, 9.17) is 0 Å². The predicted molar refractivity (Wildman–Crippen MR) is 103 cm³/mol. The molecule has 0 saturated heterocycles. The lowest BCUT2D eigenvalue weighted by molar-refractivity contribution is 1.00. The van der Waals surface area contributed by atoms with Gasteiger partial charge >= 0.3 is 0 Å². The first-order chi connectivity index (χ1) is 11.3. The van der Waals surface area contributed by atoms with E-state index >= 15 is 0 Å². The van der Waals surface area contributed by atoms with Crippen LogP contribution in [0.1, 0.15) is 35.1 Å². The van der Waals surface area contributed by atoms with Crippen molar-refractivity contribution < 1.29 is 0 Å². The van der Waals surface area contributed by atoms with Crippen LogP contribution in [0.5, 0.6) is 0 Å². The molecule has 0 atom stereocenters. The van der Waals surface area contributed by atoms with E-state index in [0.29, 0.717) is 0 Å². The van der Waals surface area contributed by atoms with Crippen LogP contribution in [-0.4, -0.2) is 0 Å². The van der Waals surface area contributed by atoms with E-state index < -0.39 is 0 Å². The van der Waals surface area contributed by atoms with Crippen LogP contribution in [0.2, 0.25) is 0 Å². The zero-order valence-electron chi connectivity index (χ0n) is 13.9. The molecule has 0 aliphatic heterocycles. The summed E-state index contributed by atoms with van der Waals surface area (Å²) in [5.41, 5.74) is 5.37. The van der Waals surface area contributed by atoms with Crippen LogP contribution in [0.25, 0.3) is 6.08 Å². The molecule has 2 aromatic carbocycles. The zero-order chi connectivity index (χ0) is 16.3. The molecule has 23 heavy (non-hydrogen) atoms. The van der Waals surface area contributed by atoms with E-state index in [1.165, 1.54) is 22.3 Å². The summed E-state index contributed by atoms with van der Waals surface area (Å²) in [7, 11) is 0. The molecular weight excluding hydrogens is 276 g/mol. The van der Waals surface area contributed by atoms with Crippen molar-refractivity contribution in [2.24, 2.45) is 0 Å². The fraction of sp³-hybridized carbons (Fsp3) is 0.217. The van der Waals surface area contributed by atoms with Gasteiger partial charge in [0, 0.05) is 0 Å². The maximum Gasteiger partial charge on any atom is -0.00941 e. The number of rotatable bonds is 9. The van der Waals surface area contributed by atoms with Crippen LogP contribution < -0.4 is 0 Å². The van der Waals surface area contributed by atoms with Crippen LogP contribution in [0.4, 0.5) is 0 Å². The van der Waals surface area contributed by atoms with E-state index in [0.717, 1.165) is 32.1 Å². The predicted octanol–water partition coefficient (Wildman–Crippen LogP) is 6.18. The van der Waals surface area contributed by atoms with Crippen LogP contribution in [0.3, 0.4) is 0 Å². The van der Waals surface area contributed by atoms with Crippen molar-refractivity contribution in [1.29, 1.82) is 0 Å². The zero-order valence-corrected chi connectivity index (χ0v) is 13.9. The Labute approximate surface area is 140 Å². The molecule has 0 unspecified atom stereocenters. The van der Waals surface area contributed by atoms with Gasteiger partial charge in [0.2, 0.25) is 0 Å². The fourth-order valence-electron chi connectivity index (χ4n) is 2.51. The lowest BCUT2D eigenvalue weighted by Gasteiger charge is -2.01. The van der Waals surface area contributed by atoms with Gasteiger partial charge in [-0.2, -0.15) is 0 Å². The summed E-state index contributed by atoms with van der Waals surface area (Å²) in [6.45, 7) is 7.54. The SMILES string of the molecule is C=CCCc1ccc(/C=C/Cc2ccc(CCC=C)cc2)cc1. The number of benzene rings is 2. The highest BCUT2D eigenvalue weighted by atomic mass is 14.0. The smallest absolute Gasteiger partial charge is 0.00941 e. The number of allylic oxidation sites excluding steroid dienone is 3. The first kappa shape index (κ1) is 17.0. The van der Waals surface area contributed by atoms with Crippen LogP contribution in [0.15, 0.2) is 79.9 Å². The number of aryl methyl sites for hydroxylation is 2. The maximum absolute atomic E-state index is 3.77. The average Bonchev–Trinajstić information content (AvgIpc) is 2.60. The first-order valence-electron chi connectivity index (χ1n) is 8.37. The largest absolute Gasteiger partial charge is 0.103 e. The summed E-state index contributed by atoms with van der Waals surface area (Å²) in [4.78, 5) is 0. The van der Waals surface area contributed by atoms with Crippen molar-refractivity contribution in [3.63, 3.8) is 0 Å². The van der Waals surface area contributed by atoms with E-state index in [1.54, 1.807) is 0 Å². The van der Waals surface area contributed by atoms with E-state index in [1.807, 2.05) is 12.2 Å². The molecule has 0 fully saturated rings. The van der Waals surface area contributed by atoms with Gasteiger partial charge in [-0.05, 0) is 54.4 Å². The molecule has 0 nitrogen and oxygen atoms in total. The van der Waals surface area contributed by atoms with E-state index in [9.17, 15) is 0 Å². The minimum Gasteiger partial charge on any atom is -0.103 e. The first-order valence-corrected chi connectivity index (χ1v) is 8.37. The summed E-state index contributed by atoms with van der Waals surface area (Å²) >= 11 is 0. The van der Waals surface area contributed by atoms with Crippen molar-refractivity contribution in [2.75, 3.05) is 0 Å². The second-order valence-corrected chi connectivity index (χ2v) is 5.82. The van der Waals surface area contributed by atoms with Crippen molar-refractivity contribution >= 4 is 6.08 Å². The molecule has 0 aliphatic carbocycles. The topological polar surface area (TPSA) is 0 Å². The Hall–Kier alpha value is -2.34. The van der Waals surface area contributed by atoms with Crippen molar-refractivity contribution in [3.8, 4) is 0 Å². The molecule has 0 aromatic heterocycles. The van der Waals surface area contributed by atoms with Gasteiger partial charge in [-0.15, -0.1) is 13.2 Å². The highest BCUT2D eigenvalue weighted by Gasteiger charge is 1.94. The van der Waals surface area contributed by atoms with Gasteiger partial charge < -0.3 is 0 Å². The van der Waals surface area contributed by atoms with Crippen LogP contribution in [0, 0.1) is 0 Å². The monoisotopic (exact) mass is 302 g/mol. The lowest BCUT2D eigenvalue weighted by Crippen LogP contribution is -1.86. The van der Waals surface area contributed by atoms with E-state index in [2.05, 4.69) is 73.8 Å². The molecular formula is C23H26. The van der Waals surface area contributed by atoms with Gasteiger partial charge in [0.1, 0.15) is 0 Å². The molecule has 0 N–H and O–H groups in total. The number of hydrogen-bond acceptors (Lipinski definition) is 0. The van der Waals surface area contributed by atoms with Gasteiger partial charge in [0.25, 0.3) is 0 Å². The molecule has 2 aromatic rings. The highest BCUT2D eigenvalue weighted by Crippen LogP contribution is 2.11. The Morgan fingerprint density at radius 2 is 1.13 bits per heavy atom. The highest BCUT2D eigenvalue weighted by molar-refractivity contribution is 5.50. The molecule has 0 radical (unpaired) electrons. The van der Waals surface area contributed by atoms with Crippen molar-refractivity contribution in [1.82, 2.24) is 0 Å². The summed E-state index contributed by atoms with van der Waals surface area (Å²) in [5, 5.41) is 0. The van der Waals surface area contributed by atoms with Crippen molar-refractivity contribution in [2.45, 2.75) is 32.1 Å². The van der Waals surface area contributed by atoms with Crippen molar-refractivity contribution in [3.05, 3.63) is 102 Å². The fourth-order valence-corrected chi connectivity index (χ4v) is 2.51. The van der Waals surface area contributed by atoms with Gasteiger partial charge in [-0.1, -0.05) is 72.8 Å². The molecule has 0 heteroatoms. The second-order valence-electron chi connectivity index (χ2n) is 5.82. The summed E-state index contributed by atoms with van der Waals surface area (Å²) in [6.07, 6.45) is 13.6. The Kier molecular flexibility index (Phi) is 7.13. The van der Waals surface area contributed by atoms with Crippen LogP contribution >= 0.6 is 0 Å². The lowest BCUT2D eigenvalue weighted by atomic mass is 10.0. The molecule has 0 amide bonds. The number of hydrogen-bond donors (Lipinski definition) is 0. The minimum absolute atomic E-state index is 0.972. The average molecular weight is 302 g/mol. The molecule has 2 rings (SSSR count). The summed E-state index contributed by atoms with van der Waals surface area (Å²) < 4.78 is 0. The van der Waals surface area contributed by atoms with E-state index in [-0.39, 0.29) is 0 Å². The Morgan fingerprint density at radius 1 is 0.652 bits per heavy atom. The quantitative estimate of drug-likeness (QED) is 0.485. The van der Waals surface area contributed by atoms with Crippen LogP contribution in [-0.2, 0) is 19.3 Å². The van der Waals surface area contributed by atoms with Gasteiger partial charge in [-0.25, -0.2) is 0 Å². The molecule has 0 spiro atoms. The Balaban J connectivity index is 1.85. The summed E-state index contributed by atoms with van der Waals surface area (Å²) in [6, 6.07) is 17.7. The summed E-state index contributed by atoms with van der Waals surface area (Å²) in [5.74, 6) is 0. The third kappa shape index (κ3) is 6.12. The third-order valence-corrected chi connectivity index (χ3v) is 3.94. The molecule has 118 valence electrons. The normalized spacial score (nSPS) is 10.8. The van der Waals surface area contributed by atoms with Gasteiger partial charge in [0.15, 0.2) is 0 Å².